The van der Waals surface area contributed by atoms with Gasteiger partial charge in [0.25, 0.3) is 0 Å². The van der Waals surface area contributed by atoms with E-state index in [1.807, 2.05) is 30.1 Å². The number of furan rings is 1. The third-order valence-corrected chi connectivity index (χ3v) is 4.08. The molecular weight excluding hydrogens is 332 g/mol. The van der Waals surface area contributed by atoms with Gasteiger partial charge < -0.3 is 14.6 Å². The zero-order valence-corrected chi connectivity index (χ0v) is 14.6. The van der Waals surface area contributed by atoms with E-state index in [4.69, 9.17) is 4.42 Å². The highest BCUT2D eigenvalue weighted by Crippen LogP contribution is 2.29. The van der Waals surface area contributed by atoms with Crippen LogP contribution in [0.15, 0.2) is 27.2 Å². The van der Waals surface area contributed by atoms with Crippen LogP contribution in [-0.2, 0) is 13.0 Å². The van der Waals surface area contributed by atoms with E-state index in [9.17, 15) is 0 Å². The van der Waals surface area contributed by atoms with Crippen LogP contribution >= 0.6 is 15.9 Å². The van der Waals surface area contributed by atoms with Crippen LogP contribution in [-0.4, -0.2) is 42.4 Å². The highest BCUT2D eigenvalue weighted by atomic mass is 79.9. The lowest BCUT2D eigenvalue weighted by Gasteiger charge is -2.18. The van der Waals surface area contributed by atoms with Crippen LogP contribution in [0, 0.1) is 0 Å². The molecule has 116 valence electrons. The summed E-state index contributed by atoms with van der Waals surface area (Å²) in [6.07, 6.45) is 2.75. The molecule has 1 atom stereocenters. The van der Waals surface area contributed by atoms with Crippen LogP contribution in [0.2, 0.25) is 0 Å². The zero-order chi connectivity index (χ0) is 15.4. The molecule has 1 unspecified atom stereocenters. The summed E-state index contributed by atoms with van der Waals surface area (Å²) in [5.41, 5.74) is 1.09. The Balaban J connectivity index is 2.30. The van der Waals surface area contributed by atoms with E-state index in [0.29, 0.717) is 0 Å². The second-order valence-electron chi connectivity index (χ2n) is 5.28. The molecule has 0 saturated carbocycles. The lowest BCUT2D eigenvalue weighted by atomic mass is 10.1. The standard InChI is InChI=1S/C15H23BrN4O/c1-5-11-6-7-13(21-11)14(17-2)15-12(16)10-18-20(15)9-8-19(3)4/h6-7,10,14,17H,5,8-9H2,1-4H3. The summed E-state index contributed by atoms with van der Waals surface area (Å²) in [6, 6.07) is 4.06. The van der Waals surface area contributed by atoms with E-state index in [1.165, 1.54) is 0 Å². The SMILES string of the molecule is CCc1ccc(C(NC)c2c(Br)cnn2CCN(C)C)o1. The smallest absolute Gasteiger partial charge is 0.127 e. The van der Waals surface area contributed by atoms with Crippen LogP contribution in [0.25, 0.3) is 0 Å². The van der Waals surface area contributed by atoms with Gasteiger partial charge >= 0.3 is 0 Å². The Morgan fingerprint density at radius 2 is 2.19 bits per heavy atom. The van der Waals surface area contributed by atoms with Gasteiger partial charge in [0.05, 0.1) is 22.9 Å². The molecule has 0 aliphatic heterocycles. The number of aromatic nitrogens is 2. The van der Waals surface area contributed by atoms with Gasteiger partial charge in [-0.25, -0.2) is 0 Å². The van der Waals surface area contributed by atoms with Gasteiger partial charge in [-0.15, -0.1) is 0 Å². The minimum Gasteiger partial charge on any atom is -0.464 e. The summed E-state index contributed by atoms with van der Waals surface area (Å²) in [6.45, 7) is 3.87. The van der Waals surface area contributed by atoms with Gasteiger partial charge in [-0.2, -0.15) is 5.10 Å². The molecule has 21 heavy (non-hydrogen) atoms. The molecule has 0 amide bonds. The molecule has 2 aromatic rings. The molecule has 2 rings (SSSR count). The first-order valence-corrected chi connectivity index (χ1v) is 7.97. The van der Waals surface area contributed by atoms with Crippen LogP contribution in [0.5, 0.6) is 0 Å². The second kappa shape index (κ2) is 7.24. The topological polar surface area (TPSA) is 46.2 Å². The Morgan fingerprint density at radius 1 is 1.43 bits per heavy atom. The lowest BCUT2D eigenvalue weighted by molar-refractivity contribution is 0.360. The van der Waals surface area contributed by atoms with Crippen molar-refractivity contribution < 1.29 is 4.42 Å². The first-order valence-electron chi connectivity index (χ1n) is 7.18. The summed E-state index contributed by atoms with van der Waals surface area (Å²) in [7, 11) is 6.07. The summed E-state index contributed by atoms with van der Waals surface area (Å²) in [4.78, 5) is 2.15. The molecule has 6 heteroatoms. The Bertz CT molecular complexity index is 576. The molecule has 5 nitrogen and oxygen atoms in total. The Morgan fingerprint density at radius 3 is 2.76 bits per heavy atom. The summed E-state index contributed by atoms with van der Waals surface area (Å²) < 4.78 is 8.93. The third-order valence-electron chi connectivity index (χ3n) is 3.47. The van der Waals surface area contributed by atoms with Crippen LogP contribution in [0.4, 0.5) is 0 Å². The van der Waals surface area contributed by atoms with E-state index in [1.54, 1.807) is 0 Å². The van der Waals surface area contributed by atoms with E-state index < -0.39 is 0 Å². The molecule has 2 aromatic heterocycles. The largest absolute Gasteiger partial charge is 0.464 e. The lowest BCUT2D eigenvalue weighted by Crippen LogP contribution is -2.25. The summed E-state index contributed by atoms with van der Waals surface area (Å²) >= 11 is 3.61. The van der Waals surface area contributed by atoms with Crippen LogP contribution in [0.1, 0.15) is 30.2 Å². The van der Waals surface area contributed by atoms with Crippen molar-refractivity contribution in [1.82, 2.24) is 20.0 Å². The Kier molecular flexibility index (Phi) is 5.61. The molecule has 2 heterocycles. The van der Waals surface area contributed by atoms with Crippen LogP contribution < -0.4 is 5.32 Å². The van der Waals surface area contributed by atoms with Gasteiger partial charge in [-0.3, -0.25) is 4.68 Å². The van der Waals surface area contributed by atoms with Crippen molar-refractivity contribution in [3.63, 3.8) is 0 Å². The molecule has 0 fully saturated rings. The fourth-order valence-corrected chi connectivity index (χ4v) is 2.81. The number of hydrogen-bond donors (Lipinski definition) is 1. The average molecular weight is 355 g/mol. The molecule has 0 aliphatic carbocycles. The third kappa shape index (κ3) is 3.75. The van der Waals surface area contributed by atoms with Crippen molar-refractivity contribution in [3.8, 4) is 0 Å². The zero-order valence-electron chi connectivity index (χ0n) is 13.1. The number of nitrogens with one attached hydrogen (secondary N) is 1. The maximum atomic E-state index is 5.91. The molecule has 0 bridgehead atoms. The minimum absolute atomic E-state index is 0.00987. The predicted molar refractivity (Wildman–Crippen MR) is 87.5 cm³/mol. The van der Waals surface area contributed by atoms with Crippen molar-refractivity contribution in [2.75, 3.05) is 27.7 Å². The number of hydrogen-bond acceptors (Lipinski definition) is 4. The fraction of sp³-hybridized carbons (Fsp3) is 0.533. The van der Waals surface area contributed by atoms with Gasteiger partial charge in [0, 0.05) is 13.0 Å². The number of aryl methyl sites for hydroxylation is 1. The molecule has 1 N–H and O–H groups in total. The van der Waals surface area contributed by atoms with E-state index in [-0.39, 0.29) is 6.04 Å². The molecule has 0 saturated heterocycles. The van der Waals surface area contributed by atoms with E-state index in [2.05, 4.69) is 52.3 Å². The number of rotatable bonds is 7. The summed E-state index contributed by atoms with van der Waals surface area (Å²) in [5.74, 6) is 1.92. The number of halogens is 1. The minimum atomic E-state index is -0.00987. The van der Waals surface area contributed by atoms with Gasteiger partial charge in [-0.05, 0) is 49.2 Å². The Labute approximate surface area is 134 Å². The van der Waals surface area contributed by atoms with Crippen molar-refractivity contribution in [1.29, 1.82) is 0 Å². The quantitative estimate of drug-likeness (QED) is 0.830. The van der Waals surface area contributed by atoms with E-state index >= 15 is 0 Å². The molecule has 0 aromatic carbocycles. The van der Waals surface area contributed by atoms with Gasteiger partial charge in [-0.1, -0.05) is 6.92 Å². The van der Waals surface area contributed by atoms with Gasteiger partial charge in [0.15, 0.2) is 0 Å². The monoisotopic (exact) mass is 354 g/mol. The number of likely N-dealkylation sites (N-methyl/N-ethyl adjacent to an activating group) is 1. The molecule has 0 radical (unpaired) electrons. The maximum Gasteiger partial charge on any atom is 0.127 e. The predicted octanol–water partition coefficient (Wildman–Crippen LogP) is 2.67. The first kappa shape index (κ1) is 16.3. The molecular formula is C15H23BrN4O. The average Bonchev–Trinajstić information content (AvgIpc) is 3.06. The first-order chi connectivity index (χ1) is 10.1. The van der Waals surface area contributed by atoms with Crippen LogP contribution in [0.3, 0.4) is 0 Å². The van der Waals surface area contributed by atoms with Gasteiger partial charge in [0.1, 0.15) is 17.6 Å². The molecule has 0 aliphatic rings. The van der Waals surface area contributed by atoms with E-state index in [0.717, 1.165) is 41.2 Å². The van der Waals surface area contributed by atoms with Gasteiger partial charge in [0.2, 0.25) is 0 Å². The van der Waals surface area contributed by atoms with Crippen molar-refractivity contribution in [2.45, 2.75) is 25.9 Å². The summed E-state index contributed by atoms with van der Waals surface area (Å²) in [5, 5.41) is 7.80. The number of nitrogens with zero attached hydrogens (tertiary/aromatic N) is 3. The fourth-order valence-electron chi connectivity index (χ4n) is 2.29. The highest BCUT2D eigenvalue weighted by molar-refractivity contribution is 9.10. The van der Waals surface area contributed by atoms with Crippen molar-refractivity contribution in [2.24, 2.45) is 0 Å². The normalized spacial score (nSPS) is 13.0. The highest BCUT2D eigenvalue weighted by Gasteiger charge is 2.23. The Hall–Kier alpha value is -1.11. The maximum absolute atomic E-state index is 5.91. The van der Waals surface area contributed by atoms with Crippen molar-refractivity contribution in [3.05, 3.63) is 40.0 Å². The molecule has 0 spiro atoms. The van der Waals surface area contributed by atoms with Crippen molar-refractivity contribution >= 4 is 15.9 Å². The second-order valence-corrected chi connectivity index (χ2v) is 6.14.